The standard InChI is InChI=1S/C19H21ClFN3O2/c1-22-19(23-6-5-13-3-2-4-15(21)9-13)24-12-14-10-16(20)18-17(11-14)25-7-8-26-18/h2-4,9-11H,5-8,12H2,1H3,(H2,22,23,24). The summed E-state index contributed by atoms with van der Waals surface area (Å²) in [5, 5.41) is 6.97. The lowest BCUT2D eigenvalue weighted by Crippen LogP contribution is -2.37. The number of aliphatic imine (C=N–C) groups is 1. The minimum Gasteiger partial charge on any atom is -0.486 e. The van der Waals surface area contributed by atoms with E-state index in [0.717, 1.165) is 11.1 Å². The summed E-state index contributed by atoms with van der Waals surface area (Å²) in [6.07, 6.45) is 0.703. The van der Waals surface area contributed by atoms with Gasteiger partial charge in [0.05, 0.1) is 5.02 Å². The summed E-state index contributed by atoms with van der Waals surface area (Å²) in [5.41, 5.74) is 1.90. The van der Waals surface area contributed by atoms with Crippen molar-refractivity contribution in [3.8, 4) is 11.5 Å². The lowest BCUT2D eigenvalue weighted by molar-refractivity contribution is 0.171. The lowest BCUT2D eigenvalue weighted by atomic mass is 10.1. The minimum absolute atomic E-state index is 0.222. The fraction of sp³-hybridized carbons (Fsp3) is 0.316. The maximum atomic E-state index is 13.2. The molecule has 7 heteroatoms. The minimum atomic E-state index is -0.222. The van der Waals surface area contributed by atoms with E-state index in [-0.39, 0.29) is 5.82 Å². The zero-order valence-corrected chi connectivity index (χ0v) is 15.3. The molecule has 2 aromatic carbocycles. The predicted octanol–water partition coefficient (Wildman–Crippen LogP) is 3.16. The monoisotopic (exact) mass is 377 g/mol. The molecule has 0 atom stereocenters. The van der Waals surface area contributed by atoms with E-state index in [9.17, 15) is 4.39 Å². The van der Waals surface area contributed by atoms with Gasteiger partial charge in [-0.05, 0) is 41.8 Å². The highest BCUT2D eigenvalue weighted by Gasteiger charge is 2.16. The molecule has 0 aromatic heterocycles. The number of hydrogen-bond donors (Lipinski definition) is 2. The van der Waals surface area contributed by atoms with Crippen molar-refractivity contribution in [2.75, 3.05) is 26.8 Å². The third-order valence-corrected chi connectivity index (χ3v) is 4.22. The summed E-state index contributed by atoms with van der Waals surface area (Å²) in [6, 6.07) is 10.3. The maximum absolute atomic E-state index is 13.2. The van der Waals surface area contributed by atoms with Gasteiger partial charge < -0.3 is 20.1 Å². The largest absolute Gasteiger partial charge is 0.486 e. The van der Waals surface area contributed by atoms with Crippen LogP contribution in [0.5, 0.6) is 11.5 Å². The predicted molar refractivity (Wildman–Crippen MR) is 101 cm³/mol. The van der Waals surface area contributed by atoms with Crippen LogP contribution in [0.1, 0.15) is 11.1 Å². The van der Waals surface area contributed by atoms with Crippen LogP contribution < -0.4 is 20.1 Å². The number of ether oxygens (including phenoxy) is 2. The summed E-state index contributed by atoms with van der Waals surface area (Å²) < 4.78 is 24.3. The van der Waals surface area contributed by atoms with Crippen molar-refractivity contribution in [3.05, 3.63) is 58.4 Å². The first-order valence-electron chi connectivity index (χ1n) is 8.42. The van der Waals surface area contributed by atoms with Gasteiger partial charge in [0.2, 0.25) is 0 Å². The van der Waals surface area contributed by atoms with Gasteiger partial charge in [-0.2, -0.15) is 0 Å². The van der Waals surface area contributed by atoms with E-state index >= 15 is 0 Å². The second kappa shape index (κ2) is 8.76. The Morgan fingerprint density at radius 2 is 2.00 bits per heavy atom. The molecule has 0 amide bonds. The quantitative estimate of drug-likeness (QED) is 0.621. The van der Waals surface area contributed by atoms with E-state index in [1.807, 2.05) is 18.2 Å². The van der Waals surface area contributed by atoms with Gasteiger partial charge in [-0.3, -0.25) is 4.99 Å². The highest BCUT2D eigenvalue weighted by Crippen LogP contribution is 2.38. The van der Waals surface area contributed by atoms with Crippen LogP contribution in [0.2, 0.25) is 5.02 Å². The van der Waals surface area contributed by atoms with Gasteiger partial charge in [0.25, 0.3) is 0 Å². The van der Waals surface area contributed by atoms with Crippen LogP contribution >= 0.6 is 11.6 Å². The summed E-state index contributed by atoms with van der Waals surface area (Å²) >= 11 is 6.25. The number of halogens is 2. The van der Waals surface area contributed by atoms with Gasteiger partial charge in [-0.25, -0.2) is 4.39 Å². The summed E-state index contributed by atoms with van der Waals surface area (Å²) in [5.74, 6) is 1.70. The molecule has 0 spiro atoms. The molecule has 138 valence electrons. The zero-order valence-electron chi connectivity index (χ0n) is 14.5. The van der Waals surface area contributed by atoms with Gasteiger partial charge in [-0.1, -0.05) is 23.7 Å². The third kappa shape index (κ3) is 4.79. The van der Waals surface area contributed by atoms with E-state index in [2.05, 4.69) is 15.6 Å². The number of nitrogens with zero attached hydrogens (tertiary/aromatic N) is 1. The van der Waals surface area contributed by atoms with Crippen LogP contribution in [0.25, 0.3) is 0 Å². The van der Waals surface area contributed by atoms with Crippen molar-refractivity contribution in [1.29, 1.82) is 0 Å². The fourth-order valence-electron chi connectivity index (χ4n) is 2.69. The Morgan fingerprint density at radius 3 is 2.81 bits per heavy atom. The van der Waals surface area contributed by atoms with Crippen molar-refractivity contribution < 1.29 is 13.9 Å². The highest BCUT2D eigenvalue weighted by atomic mass is 35.5. The molecule has 26 heavy (non-hydrogen) atoms. The summed E-state index contributed by atoms with van der Waals surface area (Å²) in [7, 11) is 1.70. The van der Waals surface area contributed by atoms with E-state index in [4.69, 9.17) is 21.1 Å². The Bertz CT molecular complexity index is 798. The smallest absolute Gasteiger partial charge is 0.191 e. The molecule has 0 fully saturated rings. The molecule has 1 heterocycles. The molecule has 0 saturated carbocycles. The molecule has 0 saturated heterocycles. The number of fused-ring (bicyclic) bond motifs is 1. The molecule has 0 radical (unpaired) electrons. The molecule has 1 aliphatic rings. The van der Waals surface area contributed by atoms with E-state index < -0.39 is 0 Å². The molecule has 2 aromatic rings. The van der Waals surface area contributed by atoms with Gasteiger partial charge >= 0.3 is 0 Å². The summed E-state index contributed by atoms with van der Waals surface area (Å²) in [6.45, 7) is 2.21. The third-order valence-electron chi connectivity index (χ3n) is 3.94. The maximum Gasteiger partial charge on any atom is 0.191 e. The normalized spacial score (nSPS) is 13.4. The summed E-state index contributed by atoms with van der Waals surface area (Å²) in [4.78, 5) is 4.19. The Morgan fingerprint density at radius 1 is 1.15 bits per heavy atom. The Hall–Kier alpha value is -2.47. The fourth-order valence-corrected chi connectivity index (χ4v) is 2.98. The van der Waals surface area contributed by atoms with Gasteiger partial charge in [0.1, 0.15) is 19.0 Å². The van der Waals surface area contributed by atoms with Crippen LogP contribution in [0.15, 0.2) is 41.4 Å². The number of hydrogen-bond acceptors (Lipinski definition) is 3. The number of benzene rings is 2. The molecule has 5 nitrogen and oxygen atoms in total. The molecule has 2 N–H and O–H groups in total. The molecule has 1 aliphatic heterocycles. The zero-order chi connectivity index (χ0) is 18.4. The van der Waals surface area contributed by atoms with Crippen LogP contribution in [0.4, 0.5) is 4.39 Å². The van der Waals surface area contributed by atoms with Crippen LogP contribution in [-0.2, 0) is 13.0 Å². The van der Waals surface area contributed by atoms with E-state index in [1.165, 1.54) is 12.1 Å². The Balaban J connectivity index is 1.52. The van der Waals surface area contributed by atoms with Crippen LogP contribution in [0, 0.1) is 5.82 Å². The van der Waals surface area contributed by atoms with Crippen molar-refractivity contribution >= 4 is 17.6 Å². The molecule has 0 unspecified atom stereocenters. The van der Waals surface area contributed by atoms with Crippen molar-refractivity contribution in [1.82, 2.24) is 10.6 Å². The van der Waals surface area contributed by atoms with Gasteiger partial charge in [0, 0.05) is 20.1 Å². The topological polar surface area (TPSA) is 54.9 Å². The van der Waals surface area contributed by atoms with Gasteiger partial charge in [0.15, 0.2) is 17.5 Å². The average molecular weight is 378 g/mol. The first-order chi connectivity index (χ1) is 12.7. The van der Waals surface area contributed by atoms with Crippen molar-refractivity contribution in [2.45, 2.75) is 13.0 Å². The molecule has 0 aliphatic carbocycles. The molecular weight excluding hydrogens is 357 g/mol. The SMILES string of the molecule is CN=C(NCCc1cccc(F)c1)NCc1cc(Cl)c2c(c1)OCCO2. The first-order valence-corrected chi connectivity index (χ1v) is 8.80. The first kappa shape index (κ1) is 18.3. The number of guanidine groups is 1. The second-order valence-electron chi connectivity index (χ2n) is 5.83. The van der Waals surface area contributed by atoms with Crippen molar-refractivity contribution in [3.63, 3.8) is 0 Å². The van der Waals surface area contributed by atoms with E-state index in [1.54, 1.807) is 13.1 Å². The Kier molecular flexibility index (Phi) is 6.17. The average Bonchev–Trinajstić information content (AvgIpc) is 2.64. The van der Waals surface area contributed by atoms with Gasteiger partial charge in [-0.15, -0.1) is 0 Å². The van der Waals surface area contributed by atoms with E-state index in [0.29, 0.717) is 55.2 Å². The van der Waals surface area contributed by atoms with Crippen LogP contribution in [-0.4, -0.2) is 32.8 Å². The lowest BCUT2D eigenvalue weighted by Gasteiger charge is -2.20. The molecular formula is C19H21ClFN3O2. The highest BCUT2D eigenvalue weighted by molar-refractivity contribution is 6.32. The second-order valence-corrected chi connectivity index (χ2v) is 6.24. The van der Waals surface area contributed by atoms with Crippen LogP contribution in [0.3, 0.4) is 0 Å². The number of rotatable bonds is 5. The molecule has 3 rings (SSSR count). The molecule has 0 bridgehead atoms. The Labute approximate surface area is 157 Å². The van der Waals surface area contributed by atoms with Crippen molar-refractivity contribution in [2.24, 2.45) is 4.99 Å². The number of nitrogens with one attached hydrogen (secondary N) is 2.